The number of halogens is 3. The maximum Gasteiger partial charge on any atom is 0.435 e. The quantitative estimate of drug-likeness (QED) is 0.857. The van der Waals surface area contributed by atoms with Gasteiger partial charge in [-0.15, -0.1) is 0 Å². The van der Waals surface area contributed by atoms with Gasteiger partial charge in [0.1, 0.15) is 17.9 Å². The van der Waals surface area contributed by atoms with Crippen LogP contribution in [0.1, 0.15) is 22.3 Å². The Bertz CT molecular complexity index is 546. The standard InChI is InChI=1S/C9H9F3N4O2S2/c1-2-15-3-13-16(4-15)20-8-14-6(9(10,11)12)5(19-8)7(17)18/h3H,2,4H2,1H3,(H,17,18). The number of carbonyl (C=O) groups is 1. The fourth-order valence-electron chi connectivity index (χ4n) is 1.36. The first-order valence-corrected chi connectivity index (χ1v) is 6.95. The predicted octanol–water partition coefficient (Wildman–Crippen LogP) is 2.41. The molecule has 1 aliphatic rings. The van der Waals surface area contributed by atoms with Gasteiger partial charge in [0.05, 0.1) is 0 Å². The fourth-order valence-corrected chi connectivity index (χ4v) is 3.28. The summed E-state index contributed by atoms with van der Waals surface area (Å²) < 4.78 is 39.4. The van der Waals surface area contributed by atoms with Crippen LogP contribution in [0.3, 0.4) is 0 Å². The van der Waals surface area contributed by atoms with E-state index in [2.05, 4.69) is 10.1 Å². The average Bonchev–Trinajstić information content (AvgIpc) is 2.95. The Morgan fingerprint density at radius 2 is 2.30 bits per heavy atom. The zero-order valence-electron chi connectivity index (χ0n) is 10.1. The number of nitrogens with zero attached hydrogens (tertiary/aromatic N) is 4. The lowest BCUT2D eigenvalue weighted by molar-refractivity contribution is -0.141. The van der Waals surface area contributed by atoms with Gasteiger partial charge in [-0.1, -0.05) is 11.3 Å². The van der Waals surface area contributed by atoms with Crippen molar-refractivity contribution in [2.75, 3.05) is 13.2 Å². The first-order valence-electron chi connectivity index (χ1n) is 5.36. The number of alkyl halides is 3. The number of hydrogen-bond acceptors (Lipinski definition) is 7. The molecule has 0 spiro atoms. The molecule has 6 nitrogen and oxygen atoms in total. The molecule has 1 aromatic heterocycles. The molecule has 0 aliphatic carbocycles. The van der Waals surface area contributed by atoms with Crippen molar-refractivity contribution in [3.05, 3.63) is 10.6 Å². The van der Waals surface area contributed by atoms with E-state index in [0.29, 0.717) is 24.6 Å². The van der Waals surface area contributed by atoms with E-state index in [1.165, 1.54) is 4.41 Å². The van der Waals surface area contributed by atoms with Crippen LogP contribution in [0.5, 0.6) is 0 Å². The SMILES string of the molecule is CCN1C=NN(Sc2nc(C(F)(F)F)c(C(=O)O)s2)C1. The highest BCUT2D eigenvalue weighted by Gasteiger charge is 2.40. The van der Waals surface area contributed by atoms with Crippen molar-refractivity contribution < 1.29 is 23.1 Å². The van der Waals surface area contributed by atoms with Crippen molar-refractivity contribution in [3.8, 4) is 0 Å². The molecule has 20 heavy (non-hydrogen) atoms. The summed E-state index contributed by atoms with van der Waals surface area (Å²) in [6.07, 6.45) is -3.23. The third-order valence-corrected chi connectivity index (χ3v) is 4.29. The molecule has 110 valence electrons. The molecule has 0 fully saturated rings. The lowest BCUT2D eigenvalue weighted by atomic mass is 10.3. The third kappa shape index (κ3) is 3.15. The minimum absolute atomic E-state index is 0.00942. The number of carboxylic acids is 1. The molecule has 2 heterocycles. The summed E-state index contributed by atoms with van der Waals surface area (Å²) in [5, 5.41) is 12.8. The van der Waals surface area contributed by atoms with Crippen LogP contribution in [0.25, 0.3) is 0 Å². The normalized spacial score (nSPS) is 15.2. The lowest BCUT2D eigenvalue weighted by Gasteiger charge is -2.14. The summed E-state index contributed by atoms with van der Waals surface area (Å²) in [4.78, 5) is 15.2. The molecule has 0 amide bonds. The summed E-state index contributed by atoms with van der Waals surface area (Å²) in [5.74, 6) is -1.64. The highest BCUT2D eigenvalue weighted by Crippen LogP contribution is 2.38. The van der Waals surface area contributed by atoms with Gasteiger partial charge in [0, 0.05) is 18.5 Å². The second-order valence-electron chi connectivity index (χ2n) is 3.68. The van der Waals surface area contributed by atoms with Crippen LogP contribution in [0.2, 0.25) is 0 Å². The molecule has 0 unspecified atom stereocenters. The zero-order chi connectivity index (χ0) is 14.9. The number of hydrogen-bond donors (Lipinski definition) is 1. The van der Waals surface area contributed by atoms with Crippen LogP contribution >= 0.6 is 23.3 Å². The van der Waals surface area contributed by atoms with Gasteiger partial charge in [-0.3, -0.25) is 0 Å². The summed E-state index contributed by atoms with van der Waals surface area (Å²) >= 11 is 1.37. The van der Waals surface area contributed by atoms with Crippen LogP contribution < -0.4 is 0 Å². The van der Waals surface area contributed by atoms with Gasteiger partial charge in [0.2, 0.25) is 0 Å². The van der Waals surface area contributed by atoms with Gasteiger partial charge in [-0.05, 0) is 6.92 Å². The van der Waals surface area contributed by atoms with Crippen LogP contribution in [-0.4, -0.2) is 44.9 Å². The molecular weight excluding hydrogens is 317 g/mol. The Morgan fingerprint density at radius 1 is 1.60 bits per heavy atom. The number of carboxylic acid groups (broad SMARTS) is 1. The van der Waals surface area contributed by atoms with Crippen molar-refractivity contribution in [1.82, 2.24) is 14.3 Å². The van der Waals surface area contributed by atoms with Crippen molar-refractivity contribution in [2.24, 2.45) is 5.10 Å². The number of rotatable bonds is 4. The summed E-state index contributed by atoms with van der Waals surface area (Å²) in [7, 11) is 0. The largest absolute Gasteiger partial charge is 0.477 e. The number of aromatic carboxylic acids is 1. The van der Waals surface area contributed by atoms with Gasteiger partial charge in [0.15, 0.2) is 10.0 Å². The van der Waals surface area contributed by atoms with Crippen LogP contribution in [0.15, 0.2) is 9.44 Å². The molecular formula is C9H9F3N4O2S2. The van der Waals surface area contributed by atoms with E-state index in [9.17, 15) is 18.0 Å². The molecule has 1 N–H and O–H groups in total. The van der Waals surface area contributed by atoms with Crippen LogP contribution in [-0.2, 0) is 6.18 Å². The van der Waals surface area contributed by atoms with Crippen molar-refractivity contribution in [1.29, 1.82) is 0 Å². The van der Waals surface area contributed by atoms with Gasteiger partial charge in [-0.25, -0.2) is 14.2 Å². The van der Waals surface area contributed by atoms with Crippen LogP contribution in [0.4, 0.5) is 13.2 Å². The first-order chi connectivity index (χ1) is 9.31. The molecule has 11 heteroatoms. The highest BCUT2D eigenvalue weighted by molar-refractivity contribution is 7.98. The van der Waals surface area contributed by atoms with Crippen molar-refractivity contribution >= 4 is 35.6 Å². The van der Waals surface area contributed by atoms with Gasteiger partial charge in [0.25, 0.3) is 0 Å². The van der Waals surface area contributed by atoms with E-state index in [4.69, 9.17) is 5.11 Å². The monoisotopic (exact) mass is 326 g/mol. The predicted molar refractivity (Wildman–Crippen MR) is 67.5 cm³/mol. The van der Waals surface area contributed by atoms with Crippen molar-refractivity contribution in [2.45, 2.75) is 17.4 Å². The molecule has 0 radical (unpaired) electrons. The zero-order valence-corrected chi connectivity index (χ0v) is 11.7. The maximum atomic E-state index is 12.7. The molecule has 2 rings (SSSR count). The number of hydrazone groups is 1. The minimum Gasteiger partial charge on any atom is -0.477 e. The van der Waals surface area contributed by atoms with E-state index >= 15 is 0 Å². The summed E-state index contributed by atoms with van der Waals surface area (Å²) in [6.45, 7) is 3.03. The van der Waals surface area contributed by atoms with E-state index in [1.807, 2.05) is 11.8 Å². The van der Waals surface area contributed by atoms with E-state index in [1.54, 1.807) is 6.34 Å². The lowest BCUT2D eigenvalue weighted by Crippen LogP contribution is -2.22. The summed E-state index contributed by atoms with van der Waals surface area (Å²) in [6, 6.07) is 0. The second-order valence-corrected chi connectivity index (χ2v) is 5.93. The Morgan fingerprint density at radius 3 is 2.75 bits per heavy atom. The molecule has 0 bridgehead atoms. The van der Waals surface area contributed by atoms with Gasteiger partial charge in [-0.2, -0.15) is 18.3 Å². The number of aromatic nitrogens is 1. The van der Waals surface area contributed by atoms with Crippen molar-refractivity contribution in [3.63, 3.8) is 0 Å². The Hall–Kier alpha value is -1.49. The smallest absolute Gasteiger partial charge is 0.435 e. The molecule has 0 aromatic carbocycles. The number of thiazole rings is 1. The first kappa shape index (κ1) is 14.9. The maximum absolute atomic E-state index is 12.7. The molecule has 1 aromatic rings. The van der Waals surface area contributed by atoms with Gasteiger partial charge >= 0.3 is 12.1 Å². The van der Waals surface area contributed by atoms with Crippen LogP contribution in [0, 0.1) is 0 Å². The highest BCUT2D eigenvalue weighted by atomic mass is 32.2. The Balaban J connectivity index is 2.18. The Labute approximate surface area is 120 Å². The Kier molecular flexibility index (Phi) is 4.09. The minimum atomic E-state index is -4.78. The topological polar surface area (TPSA) is 69.0 Å². The average molecular weight is 326 g/mol. The summed E-state index contributed by atoms with van der Waals surface area (Å²) in [5.41, 5.74) is -1.37. The molecule has 0 saturated carbocycles. The van der Waals surface area contributed by atoms with Gasteiger partial charge < -0.3 is 10.0 Å². The second kappa shape index (κ2) is 5.48. The third-order valence-electron chi connectivity index (χ3n) is 2.31. The molecule has 1 aliphatic heterocycles. The fraction of sp³-hybridized carbons (Fsp3) is 0.444. The van der Waals surface area contributed by atoms with E-state index < -0.39 is 22.7 Å². The van der Waals surface area contributed by atoms with E-state index in [-0.39, 0.29) is 4.34 Å². The molecule has 0 saturated heterocycles. The van der Waals surface area contributed by atoms with E-state index in [0.717, 1.165) is 11.9 Å². The molecule has 0 atom stereocenters.